The predicted octanol–water partition coefficient (Wildman–Crippen LogP) is 3.77. The quantitative estimate of drug-likeness (QED) is 0.909. The maximum atomic E-state index is 12.3. The fourth-order valence-corrected chi connectivity index (χ4v) is 4.49. The molecule has 5 nitrogen and oxygen atoms in total. The third kappa shape index (κ3) is 3.22. The van der Waals surface area contributed by atoms with Gasteiger partial charge in [-0.1, -0.05) is 43.1 Å². The minimum atomic E-state index is -3.89. The molecule has 0 bridgehead atoms. The Balaban J connectivity index is 2.36. The second kappa shape index (κ2) is 5.85. The molecule has 108 valence electrons. The lowest BCUT2D eigenvalue weighted by Gasteiger charge is -2.08. The monoisotopic (exact) mass is 351 g/mol. The summed E-state index contributed by atoms with van der Waals surface area (Å²) in [4.78, 5) is 3.95. The largest absolute Gasteiger partial charge is 0.266 e. The Hall–Kier alpha value is -0.890. The molecular weight excluding hydrogens is 341 g/mol. The minimum Gasteiger partial charge on any atom is -0.253 e. The summed E-state index contributed by atoms with van der Waals surface area (Å²) in [6, 6.07) is 4.49. The second-order valence-corrected chi connectivity index (χ2v) is 7.45. The van der Waals surface area contributed by atoms with Crippen LogP contribution in [-0.2, 0) is 10.0 Å². The highest BCUT2D eigenvalue weighted by Gasteiger charge is 2.23. The van der Waals surface area contributed by atoms with E-state index in [9.17, 15) is 8.42 Å². The van der Waals surface area contributed by atoms with Crippen LogP contribution < -0.4 is 4.72 Å². The van der Waals surface area contributed by atoms with Gasteiger partial charge in [-0.15, -0.1) is 0 Å². The van der Waals surface area contributed by atoms with Crippen LogP contribution in [0.1, 0.15) is 25.6 Å². The number of aromatic nitrogens is 2. The molecule has 9 heteroatoms. The van der Waals surface area contributed by atoms with Crippen molar-refractivity contribution < 1.29 is 8.42 Å². The summed E-state index contributed by atoms with van der Waals surface area (Å²) in [5.41, 5.74) is 0. The van der Waals surface area contributed by atoms with Gasteiger partial charge < -0.3 is 0 Å². The lowest BCUT2D eigenvalue weighted by Crippen LogP contribution is -2.14. The predicted molar refractivity (Wildman–Crippen MR) is 81.3 cm³/mol. The molecule has 2 aromatic rings. The Morgan fingerprint density at radius 1 is 1.25 bits per heavy atom. The lowest BCUT2D eigenvalue weighted by molar-refractivity contribution is 0.601. The van der Waals surface area contributed by atoms with Crippen molar-refractivity contribution in [1.29, 1.82) is 0 Å². The summed E-state index contributed by atoms with van der Waals surface area (Å²) in [5, 5.41) is 0.293. The highest BCUT2D eigenvalue weighted by Crippen LogP contribution is 2.31. The van der Waals surface area contributed by atoms with Gasteiger partial charge in [-0.3, -0.25) is 4.72 Å². The Labute approximate surface area is 131 Å². The normalized spacial score (nSPS) is 11.8. The number of nitrogens with zero attached hydrogens (tertiary/aromatic N) is 2. The van der Waals surface area contributed by atoms with Crippen molar-refractivity contribution in [2.75, 3.05) is 4.72 Å². The van der Waals surface area contributed by atoms with Gasteiger partial charge in [0.2, 0.25) is 5.13 Å². The highest BCUT2D eigenvalue weighted by atomic mass is 35.5. The van der Waals surface area contributed by atoms with Crippen LogP contribution in [0.4, 0.5) is 5.13 Å². The molecule has 0 saturated carbocycles. The van der Waals surface area contributed by atoms with E-state index in [-0.39, 0.29) is 26.0 Å². The molecule has 20 heavy (non-hydrogen) atoms. The molecule has 1 heterocycles. The molecule has 0 aliphatic rings. The Morgan fingerprint density at radius 2 is 1.85 bits per heavy atom. The zero-order valence-corrected chi connectivity index (χ0v) is 13.7. The number of benzene rings is 1. The highest BCUT2D eigenvalue weighted by molar-refractivity contribution is 7.93. The molecule has 0 amide bonds. The molecule has 1 N–H and O–H groups in total. The third-order valence-electron chi connectivity index (χ3n) is 2.37. The van der Waals surface area contributed by atoms with Gasteiger partial charge in [0.25, 0.3) is 10.0 Å². The van der Waals surface area contributed by atoms with E-state index >= 15 is 0 Å². The van der Waals surface area contributed by atoms with Crippen molar-refractivity contribution in [3.05, 3.63) is 34.1 Å². The first-order valence-electron chi connectivity index (χ1n) is 5.61. The molecule has 0 unspecified atom stereocenters. The number of sulfonamides is 1. The van der Waals surface area contributed by atoms with Gasteiger partial charge in [-0.25, -0.2) is 13.4 Å². The molecule has 0 spiro atoms. The molecule has 1 aromatic carbocycles. The number of nitrogens with one attached hydrogen (secondary N) is 1. The lowest BCUT2D eigenvalue weighted by atomic mass is 10.2. The van der Waals surface area contributed by atoms with E-state index < -0.39 is 10.0 Å². The third-order valence-corrected chi connectivity index (χ3v) is 5.43. The van der Waals surface area contributed by atoms with Crippen LogP contribution in [0.15, 0.2) is 23.1 Å². The smallest absolute Gasteiger partial charge is 0.253 e. The van der Waals surface area contributed by atoms with Crippen molar-refractivity contribution in [3.8, 4) is 0 Å². The molecule has 2 rings (SSSR count). The van der Waals surface area contributed by atoms with Gasteiger partial charge in [0.15, 0.2) is 0 Å². The molecule has 1 aromatic heterocycles. The van der Waals surface area contributed by atoms with Gasteiger partial charge in [0, 0.05) is 17.5 Å². The van der Waals surface area contributed by atoms with Crippen LogP contribution in [0.25, 0.3) is 0 Å². The van der Waals surface area contributed by atoms with E-state index in [0.717, 1.165) is 11.5 Å². The van der Waals surface area contributed by atoms with Crippen molar-refractivity contribution in [2.45, 2.75) is 24.7 Å². The molecule has 0 aliphatic heterocycles. The van der Waals surface area contributed by atoms with Gasteiger partial charge in [-0.05, 0) is 12.1 Å². The zero-order chi connectivity index (χ0) is 14.9. The Kier molecular flexibility index (Phi) is 4.53. The second-order valence-electron chi connectivity index (χ2n) is 4.27. The number of hydrogen-bond donors (Lipinski definition) is 1. The number of rotatable bonds is 4. The average molecular weight is 352 g/mol. The fourth-order valence-electron chi connectivity index (χ4n) is 1.42. The first-order valence-corrected chi connectivity index (χ1v) is 8.63. The van der Waals surface area contributed by atoms with Crippen LogP contribution in [-0.4, -0.2) is 17.8 Å². The molecule has 0 aliphatic carbocycles. The van der Waals surface area contributed by atoms with E-state index in [1.807, 2.05) is 13.8 Å². The van der Waals surface area contributed by atoms with Crippen molar-refractivity contribution >= 4 is 49.9 Å². The van der Waals surface area contributed by atoms with E-state index in [1.165, 1.54) is 12.1 Å². The maximum Gasteiger partial charge on any atom is 0.266 e. The summed E-state index contributed by atoms with van der Waals surface area (Å²) >= 11 is 12.8. The summed E-state index contributed by atoms with van der Waals surface area (Å²) < 4.78 is 31.0. The van der Waals surface area contributed by atoms with Crippen molar-refractivity contribution in [3.63, 3.8) is 0 Å². The maximum absolute atomic E-state index is 12.3. The topological polar surface area (TPSA) is 72.0 Å². The van der Waals surface area contributed by atoms with Crippen molar-refractivity contribution in [1.82, 2.24) is 9.36 Å². The first kappa shape index (κ1) is 15.5. The molecule has 0 atom stereocenters. The molecule has 0 saturated heterocycles. The molecular formula is C11H11Cl2N3O2S2. The minimum absolute atomic E-state index is 0.0543. The van der Waals surface area contributed by atoms with Crippen LogP contribution in [0, 0.1) is 0 Å². The van der Waals surface area contributed by atoms with Crippen molar-refractivity contribution in [2.24, 2.45) is 0 Å². The van der Waals surface area contributed by atoms with Gasteiger partial charge >= 0.3 is 0 Å². The summed E-state index contributed by atoms with van der Waals surface area (Å²) in [6.07, 6.45) is 0. The summed E-state index contributed by atoms with van der Waals surface area (Å²) in [6.45, 7) is 3.84. The summed E-state index contributed by atoms with van der Waals surface area (Å²) in [5.74, 6) is 0.700. The number of hydrogen-bond acceptors (Lipinski definition) is 5. The van der Waals surface area contributed by atoms with E-state index in [0.29, 0.717) is 5.82 Å². The fraction of sp³-hybridized carbons (Fsp3) is 0.273. The van der Waals surface area contributed by atoms with Gasteiger partial charge in [0.1, 0.15) is 10.7 Å². The number of halogens is 2. The van der Waals surface area contributed by atoms with E-state index in [4.69, 9.17) is 23.2 Å². The van der Waals surface area contributed by atoms with Crippen LogP contribution in [0.5, 0.6) is 0 Å². The standard InChI is InChI=1S/C11H11Cl2N3O2S2/c1-6(2)10-14-11(19-15-10)16-20(17,18)9-7(12)4-3-5-8(9)13/h3-6H,1-2H3,(H,14,15,16). The van der Waals surface area contributed by atoms with Crippen LogP contribution in [0.3, 0.4) is 0 Å². The van der Waals surface area contributed by atoms with Crippen LogP contribution >= 0.6 is 34.7 Å². The first-order chi connectivity index (χ1) is 9.31. The average Bonchev–Trinajstić information content (AvgIpc) is 2.76. The molecule has 0 radical (unpaired) electrons. The summed E-state index contributed by atoms with van der Waals surface area (Å²) in [7, 11) is -3.89. The van der Waals surface area contributed by atoms with Gasteiger partial charge in [0.05, 0.1) is 10.0 Å². The van der Waals surface area contributed by atoms with Gasteiger partial charge in [-0.2, -0.15) is 4.37 Å². The van der Waals surface area contributed by atoms with E-state index in [2.05, 4.69) is 14.1 Å². The Bertz CT molecular complexity index is 709. The van der Waals surface area contributed by atoms with Crippen LogP contribution in [0.2, 0.25) is 10.0 Å². The SMILES string of the molecule is CC(C)c1nsc(NS(=O)(=O)c2c(Cl)cccc2Cl)n1. The van der Waals surface area contributed by atoms with E-state index in [1.54, 1.807) is 6.07 Å². The number of anilines is 1. The zero-order valence-electron chi connectivity index (χ0n) is 10.6. The molecule has 0 fully saturated rings. The Morgan fingerprint density at radius 3 is 2.35 bits per heavy atom.